The van der Waals surface area contributed by atoms with Crippen molar-refractivity contribution in [3.8, 4) is 0 Å². The molecule has 0 fully saturated rings. The molecule has 1 aromatic heterocycles. The fourth-order valence-corrected chi connectivity index (χ4v) is 2.76. The SMILES string of the molecule is CC(CCCO)NC(=O)c1c[nH]c2cc(Br)c(Br)cc12. The summed E-state index contributed by atoms with van der Waals surface area (Å²) in [5.74, 6) is -0.101. The van der Waals surface area contributed by atoms with E-state index in [0.29, 0.717) is 12.0 Å². The van der Waals surface area contributed by atoms with Crippen molar-refractivity contribution >= 4 is 48.7 Å². The zero-order chi connectivity index (χ0) is 14.7. The Bertz CT molecular complexity index is 625. The Morgan fingerprint density at radius 3 is 2.80 bits per heavy atom. The van der Waals surface area contributed by atoms with Gasteiger partial charge in [0.05, 0.1) is 5.56 Å². The van der Waals surface area contributed by atoms with Crippen LogP contribution in [0, 0.1) is 0 Å². The number of hydrogen-bond donors (Lipinski definition) is 3. The lowest BCUT2D eigenvalue weighted by molar-refractivity contribution is 0.0938. The smallest absolute Gasteiger partial charge is 0.253 e. The highest BCUT2D eigenvalue weighted by Crippen LogP contribution is 2.30. The molecule has 1 amide bonds. The van der Waals surface area contributed by atoms with Gasteiger partial charge < -0.3 is 15.4 Å². The molecule has 0 radical (unpaired) electrons. The molecule has 0 saturated carbocycles. The van der Waals surface area contributed by atoms with E-state index < -0.39 is 0 Å². The van der Waals surface area contributed by atoms with Gasteiger partial charge in [-0.25, -0.2) is 0 Å². The van der Waals surface area contributed by atoms with E-state index in [0.717, 1.165) is 26.3 Å². The van der Waals surface area contributed by atoms with E-state index in [9.17, 15) is 4.79 Å². The average Bonchev–Trinajstić information content (AvgIpc) is 2.79. The van der Waals surface area contributed by atoms with Gasteiger partial charge in [-0.3, -0.25) is 4.79 Å². The normalized spacial score (nSPS) is 12.6. The molecule has 1 unspecified atom stereocenters. The average molecular weight is 404 g/mol. The number of nitrogens with one attached hydrogen (secondary N) is 2. The minimum atomic E-state index is -0.101. The number of amides is 1. The van der Waals surface area contributed by atoms with Crippen LogP contribution in [0.1, 0.15) is 30.1 Å². The van der Waals surface area contributed by atoms with E-state index in [-0.39, 0.29) is 18.6 Å². The van der Waals surface area contributed by atoms with Crippen LogP contribution >= 0.6 is 31.9 Å². The van der Waals surface area contributed by atoms with Crippen LogP contribution in [-0.2, 0) is 0 Å². The molecule has 0 aliphatic heterocycles. The van der Waals surface area contributed by atoms with Crippen LogP contribution in [0.3, 0.4) is 0 Å². The van der Waals surface area contributed by atoms with Crippen molar-refractivity contribution in [3.05, 3.63) is 32.8 Å². The van der Waals surface area contributed by atoms with Crippen LogP contribution in [0.5, 0.6) is 0 Å². The molecular formula is C14H16Br2N2O2. The van der Waals surface area contributed by atoms with Gasteiger partial charge in [-0.15, -0.1) is 0 Å². The number of H-pyrrole nitrogens is 1. The Morgan fingerprint density at radius 1 is 1.40 bits per heavy atom. The van der Waals surface area contributed by atoms with Crippen molar-refractivity contribution in [3.63, 3.8) is 0 Å². The first-order valence-electron chi connectivity index (χ1n) is 6.40. The summed E-state index contributed by atoms with van der Waals surface area (Å²) in [6.07, 6.45) is 3.17. The third-order valence-electron chi connectivity index (χ3n) is 3.14. The summed E-state index contributed by atoms with van der Waals surface area (Å²) in [7, 11) is 0. The summed E-state index contributed by atoms with van der Waals surface area (Å²) in [5, 5.41) is 12.6. The Balaban J connectivity index is 2.20. The van der Waals surface area contributed by atoms with E-state index in [1.807, 2.05) is 19.1 Å². The van der Waals surface area contributed by atoms with E-state index in [1.54, 1.807) is 6.20 Å². The Hall–Kier alpha value is -0.850. The maximum Gasteiger partial charge on any atom is 0.253 e. The number of benzene rings is 1. The molecule has 1 aromatic carbocycles. The highest BCUT2D eigenvalue weighted by atomic mass is 79.9. The number of rotatable bonds is 5. The molecule has 108 valence electrons. The highest BCUT2D eigenvalue weighted by molar-refractivity contribution is 9.13. The zero-order valence-corrected chi connectivity index (χ0v) is 14.2. The quantitative estimate of drug-likeness (QED) is 0.714. The number of aliphatic hydroxyl groups is 1. The maximum absolute atomic E-state index is 12.3. The number of fused-ring (bicyclic) bond motifs is 1. The Kier molecular flexibility index (Phi) is 5.23. The van der Waals surface area contributed by atoms with E-state index in [4.69, 9.17) is 5.11 Å². The van der Waals surface area contributed by atoms with Crippen molar-refractivity contribution in [2.24, 2.45) is 0 Å². The summed E-state index contributed by atoms with van der Waals surface area (Å²) < 4.78 is 1.85. The molecule has 20 heavy (non-hydrogen) atoms. The van der Waals surface area contributed by atoms with Crippen molar-refractivity contribution in [1.82, 2.24) is 10.3 Å². The molecule has 4 nitrogen and oxygen atoms in total. The van der Waals surface area contributed by atoms with Gasteiger partial charge in [0, 0.05) is 38.7 Å². The van der Waals surface area contributed by atoms with Crippen molar-refractivity contribution in [2.45, 2.75) is 25.8 Å². The molecule has 2 rings (SSSR count). The minimum Gasteiger partial charge on any atom is -0.396 e. The second-order valence-electron chi connectivity index (χ2n) is 4.75. The molecule has 3 N–H and O–H groups in total. The highest BCUT2D eigenvalue weighted by Gasteiger charge is 2.15. The summed E-state index contributed by atoms with van der Waals surface area (Å²) in [4.78, 5) is 15.4. The van der Waals surface area contributed by atoms with Crippen LogP contribution in [0.2, 0.25) is 0 Å². The third kappa shape index (κ3) is 3.42. The maximum atomic E-state index is 12.3. The lowest BCUT2D eigenvalue weighted by Crippen LogP contribution is -2.32. The topological polar surface area (TPSA) is 65.1 Å². The van der Waals surface area contributed by atoms with Crippen LogP contribution in [-0.4, -0.2) is 28.6 Å². The van der Waals surface area contributed by atoms with Gasteiger partial charge >= 0.3 is 0 Å². The molecule has 0 aliphatic carbocycles. The molecule has 0 spiro atoms. The van der Waals surface area contributed by atoms with E-state index in [1.165, 1.54) is 0 Å². The largest absolute Gasteiger partial charge is 0.396 e. The first-order valence-corrected chi connectivity index (χ1v) is 7.99. The summed E-state index contributed by atoms with van der Waals surface area (Å²) in [6, 6.07) is 3.90. The molecule has 6 heteroatoms. The third-order valence-corrected chi connectivity index (χ3v) is 4.98. The number of aromatic nitrogens is 1. The number of carbonyl (C=O) groups is 1. The van der Waals surface area contributed by atoms with Gasteiger partial charge in [0.15, 0.2) is 0 Å². The number of hydrogen-bond acceptors (Lipinski definition) is 2. The molecule has 1 atom stereocenters. The monoisotopic (exact) mass is 402 g/mol. The lowest BCUT2D eigenvalue weighted by atomic mass is 10.1. The fraction of sp³-hybridized carbons (Fsp3) is 0.357. The number of aromatic amines is 1. The molecule has 1 heterocycles. The number of halogens is 2. The van der Waals surface area contributed by atoms with Gasteiger partial charge in [-0.05, 0) is 63.8 Å². The molecule has 2 aromatic rings. The first-order chi connectivity index (χ1) is 9.52. The minimum absolute atomic E-state index is 0.0403. The van der Waals surface area contributed by atoms with Crippen LogP contribution in [0.4, 0.5) is 0 Å². The summed E-state index contributed by atoms with van der Waals surface area (Å²) in [6.45, 7) is 2.09. The number of carbonyl (C=O) groups excluding carboxylic acids is 1. The van der Waals surface area contributed by atoms with Gasteiger partial charge in [0.2, 0.25) is 0 Å². The Morgan fingerprint density at radius 2 is 2.10 bits per heavy atom. The number of aliphatic hydroxyl groups excluding tert-OH is 1. The van der Waals surface area contributed by atoms with Crippen LogP contribution in [0.25, 0.3) is 10.9 Å². The summed E-state index contributed by atoms with van der Waals surface area (Å²) in [5.41, 5.74) is 1.54. The van der Waals surface area contributed by atoms with Crippen molar-refractivity contribution in [2.75, 3.05) is 6.61 Å². The molecular weight excluding hydrogens is 388 g/mol. The predicted molar refractivity (Wildman–Crippen MR) is 86.9 cm³/mol. The van der Waals surface area contributed by atoms with Crippen molar-refractivity contribution in [1.29, 1.82) is 0 Å². The van der Waals surface area contributed by atoms with Gasteiger partial charge in [-0.2, -0.15) is 0 Å². The Labute approximate surface area is 134 Å². The standard InChI is InChI=1S/C14H16Br2N2O2/c1-8(3-2-4-19)18-14(20)10-7-17-13-6-12(16)11(15)5-9(10)13/h5-8,17,19H,2-4H2,1H3,(H,18,20). The zero-order valence-electron chi connectivity index (χ0n) is 11.0. The van der Waals surface area contributed by atoms with Gasteiger partial charge in [0.1, 0.15) is 0 Å². The van der Waals surface area contributed by atoms with Gasteiger partial charge in [0.25, 0.3) is 5.91 Å². The first kappa shape index (κ1) is 15.5. The van der Waals surface area contributed by atoms with E-state index >= 15 is 0 Å². The molecule has 0 aliphatic rings. The summed E-state index contributed by atoms with van der Waals surface area (Å²) >= 11 is 6.89. The second kappa shape index (κ2) is 6.74. The van der Waals surface area contributed by atoms with Crippen LogP contribution in [0.15, 0.2) is 27.3 Å². The van der Waals surface area contributed by atoms with Gasteiger partial charge in [-0.1, -0.05) is 0 Å². The van der Waals surface area contributed by atoms with Crippen LogP contribution < -0.4 is 5.32 Å². The van der Waals surface area contributed by atoms with E-state index in [2.05, 4.69) is 42.2 Å². The lowest BCUT2D eigenvalue weighted by Gasteiger charge is -2.12. The predicted octanol–water partition coefficient (Wildman–Crippen LogP) is 3.58. The van der Waals surface area contributed by atoms with Crippen molar-refractivity contribution < 1.29 is 9.90 Å². The second-order valence-corrected chi connectivity index (χ2v) is 6.46. The fourth-order valence-electron chi connectivity index (χ4n) is 2.08. The molecule has 0 saturated heterocycles. The molecule has 0 bridgehead atoms.